The minimum atomic E-state index is 0.626. The average Bonchev–Trinajstić information content (AvgIpc) is 2.71. The number of nitrogens with two attached hydrogens (primary N) is 1. The van der Waals surface area contributed by atoms with Gasteiger partial charge in [-0.3, -0.25) is 0 Å². The summed E-state index contributed by atoms with van der Waals surface area (Å²) in [6.45, 7) is 1.37. The summed E-state index contributed by atoms with van der Waals surface area (Å²) in [6, 6.07) is 2.00. The van der Waals surface area contributed by atoms with Crippen LogP contribution in [0.5, 0.6) is 11.5 Å². The van der Waals surface area contributed by atoms with Crippen molar-refractivity contribution in [2.45, 2.75) is 12.8 Å². The normalized spacial score (nSPS) is 13.5. The zero-order chi connectivity index (χ0) is 10.8. The van der Waals surface area contributed by atoms with E-state index in [1.165, 1.54) is 5.56 Å². The third-order valence-electron chi connectivity index (χ3n) is 2.58. The van der Waals surface area contributed by atoms with E-state index in [2.05, 4.69) is 15.9 Å². The Labute approximate surface area is 97.7 Å². The van der Waals surface area contributed by atoms with Gasteiger partial charge in [-0.15, -0.1) is 0 Å². The van der Waals surface area contributed by atoms with E-state index in [9.17, 15) is 0 Å². The summed E-state index contributed by atoms with van der Waals surface area (Å²) in [5.41, 5.74) is 7.93. The number of benzene rings is 1. The van der Waals surface area contributed by atoms with Crippen LogP contribution in [0, 0.1) is 0 Å². The molecule has 1 aliphatic rings. The first kappa shape index (κ1) is 10.8. The molecule has 0 saturated heterocycles. The van der Waals surface area contributed by atoms with E-state index in [1.54, 1.807) is 7.11 Å². The van der Waals surface area contributed by atoms with Gasteiger partial charge in [0.05, 0.1) is 18.2 Å². The van der Waals surface area contributed by atoms with Gasteiger partial charge in [-0.05, 0) is 40.5 Å². The van der Waals surface area contributed by atoms with Crippen molar-refractivity contribution in [1.82, 2.24) is 0 Å². The second-order valence-electron chi connectivity index (χ2n) is 3.50. The first-order valence-corrected chi connectivity index (χ1v) is 5.78. The highest BCUT2D eigenvalue weighted by Gasteiger charge is 2.22. The molecule has 1 aliphatic heterocycles. The number of hydrogen-bond donors (Lipinski definition) is 1. The van der Waals surface area contributed by atoms with Crippen molar-refractivity contribution < 1.29 is 9.47 Å². The highest BCUT2D eigenvalue weighted by atomic mass is 79.9. The van der Waals surface area contributed by atoms with Crippen molar-refractivity contribution >= 4 is 15.9 Å². The molecule has 0 aromatic heterocycles. The van der Waals surface area contributed by atoms with E-state index in [-0.39, 0.29) is 0 Å². The Bertz CT molecular complexity index is 379. The summed E-state index contributed by atoms with van der Waals surface area (Å²) in [6.07, 6.45) is 1.76. The van der Waals surface area contributed by atoms with Gasteiger partial charge in [0.15, 0.2) is 0 Å². The molecule has 0 fully saturated rings. The Kier molecular flexibility index (Phi) is 3.17. The van der Waals surface area contributed by atoms with Gasteiger partial charge in [0.2, 0.25) is 0 Å². The molecule has 82 valence electrons. The lowest BCUT2D eigenvalue weighted by atomic mass is 10.0. The van der Waals surface area contributed by atoms with Crippen LogP contribution in [0.4, 0.5) is 0 Å². The van der Waals surface area contributed by atoms with Gasteiger partial charge in [0.1, 0.15) is 11.5 Å². The minimum Gasteiger partial charge on any atom is -0.496 e. The second-order valence-corrected chi connectivity index (χ2v) is 4.29. The molecule has 3 nitrogen and oxygen atoms in total. The molecule has 0 saturated carbocycles. The topological polar surface area (TPSA) is 44.5 Å². The molecule has 0 unspecified atom stereocenters. The second kappa shape index (κ2) is 4.41. The van der Waals surface area contributed by atoms with Gasteiger partial charge < -0.3 is 15.2 Å². The summed E-state index contributed by atoms with van der Waals surface area (Å²) >= 11 is 3.54. The Morgan fingerprint density at radius 2 is 2.40 bits per heavy atom. The molecule has 1 heterocycles. The van der Waals surface area contributed by atoms with E-state index < -0.39 is 0 Å². The molecular weight excluding hydrogens is 258 g/mol. The van der Waals surface area contributed by atoms with Crippen LogP contribution in [-0.2, 0) is 12.8 Å². The van der Waals surface area contributed by atoms with Crippen molar-refractivity contribution in [3.63, 3.8) is 0 Å². The van der Waals surface area contributed by atoms with Crippen LogP contribution in [0.1, 0.15) is 11.1 Å². The summed E-state index contributed by atoms with van der Waals surface area (Å²) in [5.74, 6) is 1.86. The lowest BCUT2D eigenvalue weighted by Gasteiger charge is -2.12. The molecular formula is C11H14BrNO2. The van der Waals surface area contributed by atoms with Crippen LogP contribution in [-0.4, -0.2) is 20.3 Å². The number of ether oxygens (including phenoxy) is 2. The van der Waals surface area contributed by atoms with E-state index in [0.717, 1.165) is 41.0 Å². The van der Waals surface area contributed by atoms with Gasteiger partial charge in [-0.25, -0.2) is 0 Å². The predicted octanol–water partition coefficient (Wildman–Crippen LogP) is 1.89. The summed E-state index contributed by atoms with van der Waals surface area (Å²) < 4.78 is 11.9. The van der Waals surface area contributed by atoms with Gasteiger partial charge in [0, 0.05) is 12.0 Å². The Hall–Kier alpha value is -0.740. The van der Waals surface area contributed by atoms with Crippen molar-refractivity contribution in [2.75, 3.05) is 20.3 Å². The third-order valence-corrected chi connectivity index (χ3v) is 3.45. The van der Waals surface area contributed by atoms with Gasteiger partial charge in [-0.2, -0.15) is 0 Å². The van der Waals surface area contributed by atoms with E-state index in [0.29, 0.717) is 6.54 Å². The number of rotatable bonds is 3. The van der Waals surface area contributed by atoms with Gasteiger partial charge in [0.25, 0.3) is 0 Å². The van der Waals surface area contributed by atoms with Crippen LogP contribution in [0.25, 0.3) is 0 Å². The predicted molar refractivity (Wildman–Crippen MR) is 62.7 cm³/mol. The van der Waals surface area contributed by atoms with Crippen molar-refractivity contribution in [1.29, 1.82) is 0 Å². The number of fused-ring (bicyclic) bond motifs is 1. The molecule has 2 rings (SSSR count). The highest BCUT2D eigenvalue weighted by Crippen LogP contribution is 2.41. The maximum absolute atomic E-state index is 5.62. The van der Waals surface area contributed by atoms with Crippen molar-refractivity contribution in [2.24, 2.45) is 5.73 Å². The lowest BCUT2D eigenvalue weighted by Crippen LogP contribution is -2.04. The first-order valence-electron chi connectivity index (χ1n) is 4.99. The molecule has 2 N–H and O–H groups in total. The number of hydrogen-bond acceptors (Lipinski definition) is 3. The van der Waals surface area contributed by atoms with Crippen molar-refractivity contribution in [3.05, 3.63) is 21.7 Å². The van der Waals surface area contributed by atoms with Crippen LogP contribution >= 0.6 is 15.9 Å². The number of halogens is 1. The number of methoxy groups -OCH3 is 1. The lowest BCUT2D eigenvalue weighted by molar-refractivity contribution is 0.353. The standard InChI is InChI=1S/C11H14BrNO2/c1-14-9-6-7(2-4-13)11-8(10(9)12)3-5-15-11/h6H,2-5,13H2,1H3. The maximum Gasteiger partial charge on any atom is 0.133 e. The monoisotopic (exact) mass is 271 g/mol. The largest absolute Gasteiger partial charge is 0.496 e. The fourth-order valence-electron chi connectivity index (χ4n) is 1.88. The molecule has 4 heteroatoms. The van der Waals surface area contributed by atoms with E-state index in [1.807, 2.05) is 6.07 Å². The van der Waals surface area contributed by atoms with E-state index >= 15 is 0 Å². The van der Waals surface area contributed by atoms with Crippen molar-refractivity contribution in [3.8, 4) is 11.5 Å². The molecule has 0 aliphatic carbocycles. The maximum atomic E-state index is 5.62. The van der Waals surface area contributed by atoms with Crippen LogP contribution in [0.2, 0.25) is 0 Å². The molecule has 0 atom stereocenters. The molecule has 0 spiro atoms. The molecule has 1 aromatic carbocycles. The summed E-state index contributed by atoms with van der Waals surface area (Å²) in [7, 11) is 1.68. The molecule has 15 heavy (non-hydrogen) atoms. The molecule has 0 amide bonds. The molecule has 0 radical (unpaired) electrons. The Morgan fingerprint density at radius 1 is 1.60 bits per heavy atom. The fraction of sp³-hybridized carbons (Fsp3) is 0.455. The van der Waals surface area contributed by atoms with Gasteiger partial charge >= 0.3 is 0 Å². The first-order chi connectivity index (χ1) is 7.27. The van der Waals surface area contributed by atoms with Crippen LogP contribution < -0.4 is 15.2 Å². The third kappa shape index (κ3) is 1.84. The SMILES string of the molecule is COc1cc(CCN)c2c(c1Br)CCO2. The quantitative estimate of drug-likeness (QED) is 0.913. The van der Waals surface area contributed by atoms with Gasteiger partial charge in [-0.1, -0.05) is 0 Å². The van der Waals surface area contributed by atoms with Crippen LogP contribution in [0.15, 0.2) is 10.5 Å². The Balaban J connectivity index is 2.51. The highest BCUT2D eigenvalue weighted by molar-refractivity contribution is 9.10. The minimum absolute atomic E-state index is 0.626. The Morgan fingerprint density at radius 3 is 3.07 bits per heavy atom. The zero-order valence-corrected chi connectivity index (χ0v) is 10.3. The van der Waals surface area contributed by atoms with Crippen LogP contribution in [0.3, 0.4) is 0 Å². The smallest absolute Gasteiger partial charge is 0.133 e. The zero-order valence-electron chi connectivity index (χ0n) is 8.68. The fourth-order valence-corrected chi connectivity index (χ4v) is 2.53. The molecule has 1 aromatic rings. The summed E-state index contributed by atoms with van der Waals surface area (Å²) in [4.78, 5) is 0. The van der Waals surface area contributed by atoms with E-state index in [4.69, 9.17) is 15.2 Å². The average molecular weight is 272 g/mol. The molecule has 0 bridgehead atoms. The summed E-state index contributed by atoms with van der Waals surface area (Å²) in [5, 5.41) is 0.